The van der Waals surface area contributed by atoms with E-state index in [9.17, 15) is 0 Å². The van der Waals surface area contributed by atoms with Gasteiger partial charge in [-0.15, -0.1) is 0 Å². The van der Waals surface area contributed by atoms with E-state index in [1.165, 1.54) is 11.1 Å². The van der Waals surface area contributed by atoms with Gasteiger partial charge < -0.3 is 10.5 Å². The molecule has 0 saturated carbocycles. The summed E-state index contributed by atoms with van der Waals surface area (Å²) in [6.45, 7) is 0. The zero-order valence-electron chi connectivity index (χ0n) is 7.51. The largest absolute Gasteiger partial charge is 0.496 e. The highest BCUT2D eigenvalue weighted by Gasteiger charge is 2.23. The molecule has 2 N–H and O–H groups in total. The summed E-state index contributed by atoms with van der Waals surface area (Å²) in [7, 11) is 1.67. The van der Waals surface area contributed by atoms with E-state index in [-0.39, 0.29) is 6.04 Å². The molecule has 0 saturated heterocycles. The average Bonchev–Trinajstić information content (AvgIpc) is 2.49. The first-order chi connectivity index (χ1) is 6.24. The van der Waals surface area contributed by atoms with Crippen molar-refractivity contribution in [2.45, 2.75) is 18.9 Å². The van der Waals surface area contributed by atoms with Crippen LogP contribution in [0.2, 0.25) is 0 Å². The molecule has 1 aliphatic rings. The molecule has 1 aromatic rings. The number of ether oxygens (including phenoxy) is 1. The van der Waals surface area contributed by atoms with Crippen molar-refractivity contribution in [3.63, 3.8) is 0 Å². The lowest BCUT2D eigenvalue weighted by Gasteiger charge is -2.11. The second-order valence-corrected chi connectivity index (χ2v) is 4.09. The van der Waals surface area contributed by atoms with E-state index in [1.54, 1.807) is 7.11 Å². The number of rotatable bonds is 1. The highest BCUT2D eigenvalue weighted by Crippen LogP contribution is 2.39. The van der Waals surface area contributed by atoms with E-state index in [0.717, 1.165) is 23.1 Å². The van der Waals surface area contributed by atoms with Crippen molar-refractivity contribution in [3.05, 3.63) is 27.7 Å². The van der Waals surface area contributed by atoms with Gasteiger partial charge in [0.15, 0.2) is 0 Å². The smallest absolute Gasteiger partial charge is 0.133 e. The third-order valence-corrected chi connectivity index (χ3v) is 3.37. The Hall–Kier alpha value is -0.540. The van der Waals surface area contributed by atoms with Crippen molar-refractivity contribution in [1.29, 1.82) is 0 Å². The second-order valence-electron chi connectivity index (χ2n) is 3.30. The Kier molecular flexibility index (Phi) is 2.30. The Morgan fingerprint density at radius 2 is 2.31 bits per heavy atom. The van der Waals surface area contributed by atoms with Crippen molar-refractivity contribution >= 4 is 15.9 Å². The van der Waals surface area contributed by atoms with Gasteiger partial charge in [0.2, 0.25) is 0 Å². The lowest BCUT2D eigenvalue weighted by molar-refractivity contribution is 0.411. The predicted molar refractivity (Wildman–Crippen MR) is 55.9 cm³/mol. The monoisotopic (exact) mass is 241 g/mol. The standard InChI is InChI=1S/C10H12BrNO/c1-13-8-5-3-6-2-4-7(12)9(6)10(8)11/h3,5,7H,2,4,12H2,1H3. The summed E-state index contributed by atoms with van der Waals surface area (Å²) in [4.78, 5) is 0. The fourth-order valence-electron chi connectivity index (χ4n) is 1.84. The van der Waals surface area contributed by atoms with Crippen molar-refractivity contribution < 1.29 is 4.74 Å². The molecule has 0 spiro atoms. The van der Waals surface area contributed by atoms with Crippen LogP contribution in [0.4, 0.5) is 0 Å². The molecule has 1 unspecified atom stereocenters. The van der Waals surface area contributed by atoms with Gasteiger partial charge >= 0.3 is 0 Å². The van der Waals surface area contributed by atoms with E-state index < -0.39 is 0 Å². The Balaban J connectivity index is 2.56. The first-order valence-electron chi connectivity index (χ1n) is 4.35. The lowest BCUT2D eigenvalue weighted by atomic mass is 10.1. The van der Waals surface area contributed by atoms with Crippen LogP contribution < -0.4 is 10.5 Å². The summed E-state index contributed by atoms with van der Waals surface area (Å²) >= 11 is 3.53. The molecule has 2 nitrogen and oxygen atoms in total. The molecular weight excluding hydrogens is 230 g/mol. The fourth-order valence-corrected chi connectivity index (χ4v) is 2.69. The van der Waals surface area contributed by atoms with E-state index in [0.29, 0.717) is 0 Å². The minimum atomic E-state index is 0.166. The first kappa shape index (κ1) is 9.03. The second kappa shape index (κ2) is 3.31. The van der Waals surface area contributed by atoms with Gasteiger partial charge in [-0.25, -0.2) is 0 Å². The minimum Gasteiger partial charge on any atom is -0.496 e. The van der Waals surface area contributed by atoms with Gasteiger partial charge in [0, 0.05) is 6.04 Å². The predicted octanol–water partition coefficient (Wildman–Crippen LogP) is 2.40. The van der Waals surface area contributed by atoms with Crippen LogP contribution >= 0.6 is 15.9 Å². The summed E-state index contributed by atoms with van der Waals surface area (Å²) in [5.41, 5.74) is 8.55. The van der Waals surface area contributed by atoms with Gasteiger partial charge in [-0.2, -0.15) is 0 Å². The number of halogens is 1. The van der Waals surface area contributed by atoms with E-state index in [1.807, 2.05) is 6.07 Å². The van der Waals surface area contributed by atoms with Crippen LogP contribution in [0.1, 0.15) is 23.6 Å². The zero-order valence-corrected chi connectivity index (χ0v) is 9.10. The van der Waals surface area contributed by atoms with E-state index in [4.69, 9.17) is 10.5 Å². The summed E-state index contributed by atoms with van der Waals surface area (Å²) in [5, 5.41) is 0. The molecule has 0 heterocycles. The molecule has 0 aliphatic heterocycles. The number of nitrogens with two attached hydrogens (primary N) is 1. The first-order valence-corrected chi connectivity index (χ1v) is 5.14. The molecule has 0 bridgehead atoms. The highest BCUT2D eigenvalue weighted by atomic mass is 79.9. The van der Waals surface area contributed by atoms with E-state index in [2.05, 4.69) is 22.0 Å². The average molecular weight is 242 g/mol. The zero-order chi connectivity index (χ0) is 9.42. The Labute approximate surface area is 86.2 Å². The molecule has 1 aliphatic carbocycles. The van der Waals surface area contributed by atoms with Crippen molar-refractivity contribution in [3.8, 4) is 5.75 Å². The Bertz CT molecular complexity index is 338. The van der Waals surface area contributed by atoms with Crippen LogP contribution in [-0.2, 0) is 6.42 Å². The Morgan fingerprint density at radius 3 is 3.00 bits per heavy atom. The van der Waals surface area contributed by atoms with E-state index >= 15 is 0 Å². The maximum absolute atomic E-state index is 5.99. The van der Waals surface area contributed by atoms with Gasteiger partial charge in [0.05, 0.1) is 11.6 Å². The SMILES string of the molecule is COc1ccc2c(c1Br)C(N)CC2. The maximum atomic E-state index is 5.99. The topological polar surface area (TPSA) is 35.2 Å². The molecule has 1 atom stereocenters. The van der Waals surface area contributed by atoms with Gasteiger partial charge in [-0.3, -0.25) is 0 Å². The molecule has 13 heavy (non-hydrogen) atoms. The molecular formula is C10H12BrNO. The molecule has 3 heteroatoms. The van der Waals surface area contributed by atoms with Crippen LogP contribution in [0.15, 0.2) is 16.6 Å². The normalized spacial score (nSPS) is 20.1. The third-order valence-electron chi connectivity index (χ3n) is 2.55. The van der Waals surface area contributed by atoms with Crippen LogP contribution in [0, 0.1) is 0 Å². The highest BCUT2D eigenvalue weighted by molar-refractivity contribution is 9.10. The molecule has 0 radical (unpaired) electrons. The fraction of sp³-hybridized carbons (Fsp3) is 0.400. The Morgan fingerprint density at radius 1 is 1.54 bits per heavy atom. The van der Waals surface area contributed by atoms with Crippen molar-refractivity contribution in [1.82, 2.24) is 0 Å². The summed E-state index contributed by atoms with van der Waals surface area (Å²) in [6.07, 6.45) is 2.13. The van der Waals surface area contributed by atoms with Crippen LogP contribution in [0.3, 0.4) is 0 Å². The number of hydrogen-bond donors (Lipinski definition) is 1. The van der Waals surface area contributed by atoms with Crippen LogP contribution in [-0.4, -0.2) is 7.11 Å². The number of fused-ring (bicyclic) bond motifs is 1. The van der Waals surface area contributed by atoms with Gasteiger partial charge in [-0.05, 0) is 46.0 Å². The number of benzene rings is 1. The van der Waals surface area contributed by atoms with Crippen molar-refractivity contribution in [2.24, 2.45) is 5.73 Å². The quantitative estimate of drug-likeness (QED) is 0.820. The van der Waals surface area contributed by atoms with Gasteiger partial charge in [0.1, 0.15) is 5.75 Å². The summed E-state index contributed by atoms with van der Waals surface area (Å²) in [5.74, 6) is 0.871. The summed E-state index contributed by atoms with van der Waals surface area (Å²) in [6, 6.07) is 4.26. The molecule has 1 aromatic carbocycles. The molecule has 0 aromatic heterocycles. The number of hydrogen-bond acceptors (Lipinski definition) is 2. The molecule has 0 fully saturated rings. The van der Waals surface area contributed by atoms with Crippen LogP contribution in [0.25, 0.3) is 0 Å². The third kappa shape index (κ3) is 1.36. The van der Waals surface area contributed by atoms with Gasteiger partial charge in [0.25, 0.3) is 0 Å². The number of methoxy groups -OCH3 is 1. The molecule has 70 valence electrons. The van der Waals surface area contributed by atoms with Gasteiger partial charge in [-0.1, -0.05) is 6.07 Å². The number of aryl methyl sites for hydroxylation is 1. The summed E-state index contributed by atoms with van der Waals surface area (Å²) < 4.78 is 6.24. The van der Waals surface area contributed by atoms with Crippen LogP contribution in [0.5, 0.6) is 5.75 Å². The minimum absolute atomic E-state index is 0.166. The molecule has 2 rings (SSSR count). The van der Waals surface area contributed by atoms with Crippen molar-refractivity contribution in [2.75, 3.05) is 7.11 Å². The lowest BCUT2D eigenvalue weighted by Crippen LogP contribution is -2.06. The molecule has 0 amide bonds. The maximum Gasteiger partial charge on any atom is 0.133 e.